The lowest BCUT2D eigenvalue weighted by molar-refractivity contribution is 0.0693. The van der Waals surface area contributed by atoms with Crippen LogP contribution in [0.4, 0.5) is 0 Å². The van der Waals surface area contributed by atoms with Gasteiger partial charge in [0.15, 0.2) is 5.78 Å². The lowest BCUT2D eigenvalue weighted by atomic mass is 9.74. The number of hydrogen-bond donors (Lipinski definition) is 2. The van der Waals surface area contributed by atoms with E-state index in [4.69, 9.17) is 9.47 Å². The summed E-state index contributed by atoms with van der Waals surface area (Å²) < 4.78 is 10.8. The highest BCUT2D eigenvalue weighted by atomic mass is 16.5. The van der Waals surface area contributed by atoms with Crippen molar-refractivity contribution in [3.05, 3.63) is 53.6 Å². The van der Waals surface area contributed by atoms with Gasteiger partial charge in [0.1, 0.15) is 22.8 Å². The molecular weight excluding hydrogens is 394 g/mol. The summed E-state index contributed by atoms with van der Waals surface area (Å²) >= 11 is 0. The number of carbonyl (C=O) groups is 2. The standard InChI is InChI=1S/C25H31NO5/c1-24(2)14-16(15-25(3,4)26-24)12-21(27)17-6-8-18(9-7-17)31-22-11-10-19(30-5)13-20(22)23(28)29/h6-11,13,16,26H,12,14-15H2,1-5H3,(H,28,29). The van der Waals surface area contributed by atoms with Crippen molar-refractivity contribution in [3.63, 3.8) is 0 Å². The molecule has 2 aromatic carbocycles. The minimum Gasteiger partial charge on any atom is -0.497 e. The van der Waals surface area contributed by atoms with Crippen LogP contribution in [0.25, 0.3) is 0 Å². The van der Waals surface area contributed by atoms with E-state index < -0.39 is 5.97 Å². The molecule has 1 fully saturated rings. The van der Waals surface area contributed by atoms with Crippen molar-refractivity contribution >= 4 is 11.8 Å². The molecule has 1 aliphatic rings. The summed E-state index contributed by atoms with van der Waals surface area (Å²) in [7, 11) is 1.48. The zero-order chi connectivity index (χ0) is 22.8. The summed E-state index contributed by atoms with van der Waals surface area (Å²) in [4.78, 5) is 24.4. The van der Waals surface area contributed by atoms with E-state index in [0.29, 0.717) is 29.4 Å². The number of ketones is 1. The summed E-state index contributed by atoms with van der Waals surface area (Å²) in [6.45, 7) is 8.73. The predicted octanol–water partition coefficient (Wildman–Crippen LogP) is 5.32. The molecule has 6 heteroatoms. The lowest BCUT2D eigenvalue weighted by Gasteiger charge is -2.46. The van der Waals surface area contributed by atoms with Gasteiger partial charge in [-0.1, -0.05) is 0 Å². The topological polar surface area (TPSA) is 84.9 Å². The predicted molar refractivity (Wildman–Crippen MR) is 119 cm³/mol. The van der Waals surface area contributed by atoms with Gasteiger partial charge in [0.2, 0.25) is 0 Å². The molecular formula is C25H31NO5. The van der Waals surface area contributed by atoms with Crippen molar-refractivity contribution in [2.24, 2.45) is 5.92 Å². The molecule has 0 amide bonds. The second-order valence-corrected chi connectivity index (χ2v) is 9.59. The summed E-state index contributed by atoms with van der Waals surface area (Å²) in [6, 6.07) is 11.5. The van der Waals surface area contributed by atoms with Gasteiger partial charge in [-0.25, -0.2) is 4.79 Å². The Morgan fingerprint density at radius 2 is 1.58 bits per heavy atom. The monoisotopic (exact) mass is 425 g/mol. The molecule has 166 valence electrons. The Hall–Kier alpha value is -2.86. The highest BCUT2D eigenvalue weighted by molar-refractivity contribution is 5.96. The fourth-order valence-corrected chi connectivity index (χ4v) is 4.79. The zero-order valence-electron chi connectivity index (χ0n) is 18.8. The fourth-order valence-electron chi connectivity index (χ4n) is 4.79. The van der Waals surface area contributed by atoms with Gasteiger partial charge in [-0.15, -0.1) is 0 Å². The minimum absolute atomic E-state index is 0.00457. The first-order valence-electron chi connectivity index (χ1n) is 10.5. The number of aromatic carboxylic acids is 1. The van der Waals surface area contributed by atoms with E-state index in [-0.39, 0.29) is 28.2 Å². The number of methoxy groups -OCH3 is 1. The Morgan fingerprint density at radius 3 is 2.13 bits per heavy atom. The Morgan fingerprint density at radius 1 is 1.00 bits per heavy atom. The van der Waals surface area contributed by atoms with E-state index in [1.165, 1.54) is 13.2 Å². The molecule has 2 N–H and O–H groups in total. The lowest BCUT2D eigenvalue weighted by Crippen LogP contribution is -2.57. The number of nitrogens with one attached hydrogen (secondary N) is 1. The van der Waals surface area contributed by atoms with Gasteiger partial charge in [0, 0.05) is 23.1 Å². The maximum absolute atomic E-state index is 12.9. The number of rotatable bonds is 7. The van der Waals surface area contributed by atoms with Crippen LogP contribution < -0.4 is 14.8 Å². The second-order valence-electron chi connectivity index (χ2n) is 9.59. The van der Waals surface area contributed by atoms with Gasteiger partial charge in [-0.05, 0) is 88.9 Å². The number of ether oxygens (including phenoxy) is 2. The molecule has 2 aromatic rings. The van der Waals surface area contributed by atoms with Gasteiger partial charge in [-0.2, -0.15) is 0 Å². The van der Waals surface area contributed by atoms with Crippen molar-refractivity contribution in [2.45, 2.75) is 58.0 Å². The molecule has 6 nitrogen and oxygen atoms in total. The molecule has 0 spiro atoms. The van der Waals surface area contributed by atoms with Crippen LogP contribution in [0, 0.1) is 5.92 Å². The van der Waals surface area contributed by atoms with E-state index in [0.717, 1.165) is 12.8 Å². The number of benzene rings is 2. The van der Waals surface area contributed by atoms with Crippen LogP contribution in [0.5, 0.6) is 17.2 Å². The smallest absolute Gasteiger partial charge is 0.339 e. The van der Waals surface area contributed by atoms with Gasteiger partial charge < -0.3 is 19.9 Å². The van der Waals surface area contributed by atoms with Gasteiger partial charge in [0.05, 0.1) is 7.11 Å². The number of piperidine rings is 1. The third-order valence-electron chi connectivity index (χ3n) is 5.57. The number of carbonyl (C=O) groups excluding carboxylic acids is 1. The zero-order valence-corrected chi connectivity index (χ0v) is 18.8. The number of hydrogen-bond acceptors (Lipinski definition) is 5. The van der Waals surface area contributed by atoms with E-state index >= 15 is 0 Å². The quantitative estimate of drug-likeness (QED) is 0.585. The molecule has 1 heterocycles. The summed E-state index contributed by atoms with van der Waals surface area (Å²) in [6.07, 6.45) is 2.42. The number of carboxylic acid groups (broad SMARTS) is 1. The largest absolute Gasteiger partial charge is 0.497 e. The highest BCUT2D eigenvalue weighted by Gasteiger charge is 2.38. The molecule has 0 radical (unpaired) electrons. The van der Waals surface area contributed by atoms with Crippen LogP contribution in [0.2, 0.25) is 0 Å². The van der Waals surface area contributed by atoms with Gasteiger partial charge in [-0.3, -0.25) is 4.79 Å². The summed E-state index contributed by atoms with van der Waals surface area (Å²) in [5.74, 6) is 0.455. The first kappa shape index (κ1) is 22.8. The Bertz CT molecular complexity index is 946. The molecule has 0 bridgehead atoms. The van der Waals surface area contributed by atoms with Crippen LogP contribution in [-0.2, 0) is 0 Å². The van der Waals surface area contributed by atoms with Crippen LogP contribution >= 0.6 is 0 Å². The highest BCUT2D eigenvalue weighted by Crippen LogP contribution is 2.35. The average molecular weight is 426 g/mol. The Kier molecular flexibility index (Phi) is 6.41. The summed E-state index contributed by atoms with van der Waals surface area (Å²) in [5, 5.41) is 13.1. The average Bonchev–Trinajstić information content (AvgIpc) is 2.66. The molecule has 0 aliphatic carbocycles. The van der Waals surface area contributed by atoms with E-state index in [1.807, 2.05) is 0 Å². The summed E-state index contributed by atoms with van der Waals surface area (Å²) in [5.41, 5.74) is 0.653. The molecule has 0 aromatic heterocycles. The van der Waals surface area contributed by atoms with E-state index in [2.05, 4.69) is 33.0 Å². The van der Waals surface area contributed by atoms with E-state index in [1.54, 1.807) is 36.4 Å². The fraction of sp³-hybridized carbons (Fsp3) is 0.440. The Balaban J connectivity index is 1.69. The van der Waals surface area contributed by atoms with Crippen LogP contribution in [0.3, 0.4) is 0 Å². The molecule has 0 unspecified atom stereocenters. The minimum atomic E-state index is -1.10. The maximum Gasteiger partial charge on any atom is 0.339 e. The third-order valence-corrected chi connectivity index (χ3v) is 5.57. The molecule has 0 atom stereocenters. The van der Waals surface area contributed by atoms with Crippen molar-refractivity contribution in [1.82, 2.24) is 5.32 Å². The SMILES string of the molecule is COc1ccc(Oc2ccc(C(=O)CC3CC(C)(C)NC(C)(C)C3)cc2)c(C(=O)O)c1. The molecule has 3 rings (SSSR count). The van der Waals surface area contributed by atoms with Gasteiger partial charge >= 0.3 is 5.97 Å². The van der Waals surface area contributed by atoms with Crippen LogP contribution in [-0.4, -0.2) is 35.0 Å². The number of Topliss-reactive ketones (excluding diaryl/α,β-unsaturated/α-hetero) is 1. The van der Waals surface area contributed by atoms with Crippen LogP contribution in [0.15, 0.2) is 42.5 Å². The van der Waals surface area contributed by atoms with Crippen molar-refractivity contribution < 1.29 is 24.2 Å². The van der Waals surface area contributed by atoms with Crippen LogP contribution in [0.1, 0.15) is 67.7 Å². The van der Waals surface area contributed by atoms with Crippen molar-refractivity contribution in [1.29, 1.82) is 0 Å². The molecule has 1 aliphatic heterocycles. The molecule has 0 saturated carbocycles. The van der Waals surface area contributed by atoms with E-state index in [9.17, 15) is 14.7 Å². The van der Waals surface area contributed by atoms with Crippen molar-refractivity contribution in [3.8, 4) is 17.2 Å². The first-order chi connectivity index (χ1) is 14.5. The number of carboxylic acids is 1. The second kappa shape index (κ2) is 8.71. The normalized spacial score (nSPS) is 17.7. The Labute approximate surface area is 183 Å². The van der Waals surface area contributed by atoms with Crippen molar-refractivity contribution in [2.75, 3.05) is 7.11 Å². The van der Waals surface area contributed by atoms with Gasteiger partial charge in [0.25, 0.3) is 0 Å². The first-order valence-corrected chi connectivity index (χ1v) is 10.5. The molecule has 1 saturated heterocycles. The molecule has 31 heavy (non-hydrogen) atoms. The third kappa shape index (κ3) is 5.85. The maximum atomic E-state index is 12.9.